The van der Waals surface area contributed by atoms with Crippen LogP contribution in [-0.2, 0) is 16.0 Å². The molecule has 0 unspecified atom stereocenters. The second-order valence-electron chi connectivity index (χ2n) is 7.90. The molecule has 0 aliphatic heterocycles. The lowest BCUT2D eigenvalue weighted by molar-refractivity contribution is -0.129. The first kappa shape index (κ1) is 26.0. The highest BCUT2D eigenvalue weighted by molar-refractivity contribution is 9.10. The molecular formula is C26H29BrN4O4. The highest BCUT2D eigenvalue weighted by Crippen LogP contribution is 2.27. The molecule has 0 radical (unpaired) electrons. The van der Waals surface area contributed by atoms with Crippen LogP contribution in [0.15, 0.2) is 58.1 Å². The van der Waals surface area contributed by atoms with E-state index in [0.29, 0.717) is 24.5 Å². The fourth-order valence-electron chi connectivity index (χ4n) is 3.73. The standard InChI is InChI=1S/C26H29BrN4O4/c1-17-12-20(18(2)31(17)22-7-5-6-21(27)14-22)16-29-30-26(33)15-25(32)28-11-10-19-8-9-23(34-3)24(13-19)35-4/h5-9,12-14,16H,10-11,15H2,1-4H3,(H,28,32)(H,30,33)/b29-16+. The molecule has 9 heteroatoms. The summed E-state index contributed by atoms with van der Waals surface area (Å²) >= 11 is 3.50. The van der Waals surface area contributed by atoms with Crippen LogP contribution in [0.2, 0.25) is 0 Å². The molecule has 0 bridgehead atoms. The SMILES string of the molecule is COc1ccc(CCNC(=O)CC(=O)N/N=C/c2cc(C)n(-c3cccc(Br)c3)c2C)cc1OC. The van der Waals surface area contributed by atoms with Gasteiger partial charge in [-0.05, 0) is 62.2 Å². The largest absolute Gasteiger partial charge is 0.493 e. The van der Waals surface area contributed by atoms with Crippen molar-refractivity contribution in [2.45, 2.75) is 26.7 Å². The van der Waals surface area contributed by atoms with Crippen molar-refractivity contribution in [3.63, 3.8) is 0 Å². The minimum absolute atomic E-state index is 0.305. The number of methoxy groups -OCH3 is 2. The number of aryl methyl sites for hydroxylation is 1. The number of rotatable bonds is 10. The molecule has 0 aliphatic carbocycles. The van der Waals surface area contributed by atoms with Crippen LogP contribution in [0.4, 0.5) is 0 Å². The van der Waals surface area contributed by atoms with E-state index in [1.54, 1.807) is 20.4 Å². The number of nitrogens with one attached hydrogen (secondary N) is 2. The zero-order chi connectivity index (χ0) is 25.4. The van der Waals surface area contributed by atoms with Crippen molar-refractivity contribution in [3.05, 3.63) is 75.5 Å². The van der Waals surface area contributed by atoms with E-state index >= 15 is 0 Å². The van der Waals surface area contributed by atoms with Crippen LogP contribution < -0.4 is 20.2 Å². The van der Waals surface area contributed by atoms with Crippen molar-refractivity contribution < 1.29 is 19.1 Å². The van der Waals surface area contributed by atoms with E-state index in [1.807, 2.05) is 62.4 Å². The molecule has 0 fully saturated rings. The van der Waals surface area contributed by atoms with Gasteiger partial charge in [-0.1, -0.05) is 28.1 Å². The first-order valence-electron chi connectivity index (χ1n) is 11.1. The Labute approximate surface area is 213 Å². The van der Waals surface area contributed by atoms with Crippen molar-refractivity contribution in [2.24, 2.45) is 5.10 Å². The fourth-order valence-corrected chi connectivity index (χ4v) is 4.12. The lowest BCUT2D eigenvalue weighted by Gasteiger charge is -2.10. The zero-order valence-electron chi connectivity index (χ0n) is 20.2. The van der Waals surface area contributed by atoms with Crippen LogP contribution in [-0.4, -0.2) is 43.4 Å². The number of ether oxygens (including phenoxy) is 2. The second kappa shape index (κ2) is 12.2. The number of halogens is 1. The van der Waals surface area contributed by atoms with Gasteiger partial charge in [-0.3, -0.25) is 9.59 Å². The number of benzene rings is 2. The molecule has 8 nitrogen and oxygen atoms in total. The summed E-state index contributed by atoms with van der Waals surface area (Å²) in [5.74, 6) is 0.426. The topological polar surface area (TPSA) is 94.0 Å². The summed E-state index contributed by atoms with van der Waals surface area (Å²) in [4.78, 5) is 24.2. The molecule has 2 N–H and O–H groups in total. The third kappa shape index (κ3) is 6.95. The number of carbonyl (C=O) groups is 2. The number of carbonyl (C=O) groups excluding carboxylic acids is 2. The Morgan fingerprint density at radius 2 is 1.80 bits per heavy atom. The lowest BCUT2D eigenvalue weighted by atomic mass is 10.1. The maximum Gasteiger partial charge on any atom is 0.249 e. The maximum absolute atomic E-state index is 12.1. The van der Waals surface area contributed by atoms with Crippen molar-refractivity contribution in [1.82, 2.24) is 15.3 Å². The molecule has 2 amide bonds. The number of amides is 2. The van der Waals surface area contributed by atoms with Crippen LogP contribution in [0.1, 0.15) is 28.9 Å². The monoisotopic (exact) mass is 540 g/mol. The van der Waals surface area contributed by atoms with Gasteiger partial charge in [0.05, 0.1) is 20.4 Å². The Morgan fingerprint density at radius 3 is 2.51 bits per heavy atom. The first-order valence-corrected chi connectivity index (χ1v) is 11.9. The summed E-state index contributed by atoms with van der Waals surface area (Å²) in [6, 6.07) is 15.6. The van der Waals surface area contributed by atoms with Gasteiger partial charge in [-0.2, -0.15) is 5.10 Å². The van der Waals surface area contributed by atoms with Crippen molar-refractivity contribution in [3.8, 4) is 17.2 Å². The average Bonchev–Trinajstić information content (AvgIpc) is 3.11. The van der Waals surface area contributed by atoms with E-state index < -0.39 is 5.91 Å². The molecule has 1 aromatic heterocycles. The molecule has 0 spiro atoms. The number of hydrogen-bond acceptors (Lipinski definition) is 5. The van der Waals surface area contributed by atoms with E-state index in [2.05, 4.69) is 36.3 Å². The summed E-state index contributed by atoms with van der Waals surface area (Å²) in [5, 5.41) is 6.78. The van der Waals surface area contributed by atoms with Crippen molar-refractivity contribution in [2.75, 3.05) is 20.8 Å². The molecule has 0 atom stereocenters. The summed E-state index contributed by atoms with van der Waals surface area (Å²) in [6.07, 6.45) is 1.88. The van der Waals surface area contributed by atoms with E-state index in [4.69, 9.17) is 9.47 Å². The third-order valence-corrected chi connectivity index (χ3v) is 5.93. The van der Waals surface area contributed by atoms with Crippen LogP contribution in [0, 0.1) is 13.8 Å². The molecule has 3 aromatic rings. The van der Waals surface area contributed by atoms with Crippen LogP contribution in [0.25, 0.3) is 5.69 Å². The van der Waals surface area contributed by atoms with Gasteiger partial charge in [0.2, 0.25) is 11.8 Å². The Hall–Kier alpha value is -3.59. The summed E-state index contributed by atoms with van der Waals surface area (Å²) in [5.41, 5.74) is 7.35. The average molecular weight is 541 g/mol. The molecular weight excluding hydrogens is 512 g/mol. The number of hydrogen-bond donors (Lipinski definition) is 2. The van der Waals surface area contributed by atoms with E-state index in [9.17, 15) is 9.59 Å². The zero-order valence-corrected chi connectivity index (χ0v) is 21.8. The highest BCUT2D eigenvalue weighted by atomic mass is 79.9. The van der Waals surface area contributed by atoms with Crippen LogP contribution >= 0.6 is 15.9 Å². The molecule has 0 aliphatic rings. The molecule has 35 heavy (non-hydrogen) atoms. The first-order chi connectivity index (χ1) is 16.8. The van der Waals surface area contributed by atoms with Gasteiger partial charge in [-0.25, -0.2) is 5.43 Å². The molecule has 3 rings (SSSR count). The normalized spacial score (nSPS) is 10.9. The molecule has 2 aromatic carbocycles. The number of aromatic nitrogens is 1. The third-order valence-electron chi connectivity index (χ3n) is 5.43. The van der Waals surface area contributed by atoms with Gasteiger partial charge in [0.25, 0.3) is 0 Å². The van der Waals surface area contributed by atoms with Gasteiger partial charge >= 0.3 is 0 Å². The molecule has 1 heterocycles. The van der Waals surface area contributed by atoms with E-state index in [1.165, 1.54) is 0 Å². The number of hydrazone groups is 1. The quantitative estimate of drug-likeness (QED) is 0.230. The minimum atomic E-state index is -0.481. The van der Waals surface area contributed by atoms with E-state index in [-0.39, 0.29) is 12.3 Å². The Balaban J connectivity index is 1.48. The Kier molecular flexibility index (Phi) is 9.08. The fraction of sp³-hybridized carbons (Fsp3) is 0.269. The molecule has 0 saturated carbocycles. The van der Waals surface area contributed by atoms with Crippen molar-refractivity contribution >= 4 is 34.0 Å². The molecule has 0 saturated heterocycles. The molecule has 184 valence electrons. The van der Waals surface area contributed by atoms with Gasteiger partial charge < -0.3 is 19.4 Å². The number of nitrogens with zero attached hydrogens (tertiary/aromatic N) is 2. The van der Waals surface area contributed by atoms with Crippen molar-refractivity contribution in [1.29, 1.82) is 0 Å². The highest BCUT2D eigenvalue weighted by Gasteiger charge is 2.11. The Bertz CT molecular complexity index is 1240. The Morgan fingerprint density at radius 1 is 1.03 bits per heavy atom. The predicted molar refractivity (Wildman–Crippen MR) is 140 cm³/mol. The van der Waals surface area contributed by atoms with Gasteiger partial charge in [0.15, 0.2) is 11.5 Å². The van der Waals surface area contributed by atoms with E-state index in [0.717, 1.165) is 32.7 Å². The smallest absolute Gasteiger partial charge is 0.249 e. The lowest BCUT2D eigenvalue weighted by Crippen LogP contribution is -2.31. The van der Waals surface area contributed by atoms with Crippen LogP contribution in [0.3, 0.4) is 0 Å². The van der Waals surface area contributed by atoms with Gasteiger partial charge in [-0.15, -0.1) is 0 Å². The second-order valence-corrected chi connectivity index (χ2v) is 8.82. The van der Waals surface area contributed by atoms with Gasteiger partial charge in [0.1, 0.15) is 6.42 Å². The summed E-state index contributed by atoms with van der Waals surface area (Å²) in [6.45, 7) is 4.39. The maximum atomic E-state index is 12.1. The minimum Gasteiger partial charge on any atom is -0.493 e. The predicted octanol–water partition coefficient (Wildman–Crippen LogP) is 4.07. The van der Waals surface area contributed by atoms with Gasteiger partial charge in [0, 0.05) is 33.7 Å². The van der Waals surface area contributed by atoms with Crippen LogP contribution in [0.5, 0.6) is 11.5 Å². The summed E-state index contributed by atoms with van der Waals surface area (Å²) in [7, 11) is 3.15. The summed E-state index contributed by atoms with van der Waals surface area (Å²) < 4.78 is 13.6.